The van der Waals surface area contributed by atoms with Gasteiger partial charge < -0.3 is 54.8 Å². The summed E-state index contributed by atoms with van der Waals surface area (Å²) in [5.74, 6) is -5.18. The fraction of sp³-hybridized carbons (Fsp3) is 0.500. The first-order valence-electron chi connectivity index (χ1n) is 24.8. The van der Waals surface area contributed by atoms with Gasteiger partial charge in [-0.3, -0.25) is 19.2 Å². The minimum atomic E-state index is -1.17. The monoisotopic (exact) mass is 1020 g/mol. The number of anilines is 1. The number of hydrogen-bond acceptors (Lipinski definition) is 13. The summed E-state index contributed by atoms with van der Waals surface area (Å²) < 4.78 is 57.1. The molecular formula is C52H65F2N7O10S. The molecule has 4 aromatic rings. The van der Waals surface area contributed by atoms with Gasteiger partial charge >= 0.3 is 6.09 Å². The SMILES string of the molecule is CNC(=O)OC(C)C(=O)NC(C(=O)N1CCC[C@H]1C(=O)NC(C(=O)NCCOCCOCCOc1c(-c2csc(N3CCOCC3)n2)ccc(F)c1F)C(c1ccccc1)c1ccccc1)C1CCCCC1. The second-order valence-corrected chi connectivity index (χ2v) is 18.7. The third-order valence-electron chi connectivity index (χ3n) is 13.1. The molecule has 4 atom stereocenters. The highest BCUT2D eigenvalue weighted by Gasteiger charge is 2.43. The summed E-state index contributed by atoms with van der Waals surface area (Å²) in [6.07, 6.45) is 3.15. The average Bonchev–Trinajstić information content (AvgIpc) is 4.12. The summed E-state index contributed by atoms with van der Waals surface area (Å²) in [7, 11) is 1.38. The fourth-order valence-corrected chi connectivity index (χ4v) is 10.2. The van der Waals surface area contributed by atoms with Crippen LogP contribution in [0.4, 0.5) is 18.7 Å². The molecule has 17 nitrogen and oxygen atoms in total. The normalized spacial score (nSPS) is 17.4. The molecule has 2 saturated heterocycles. The van der Waals surface area contributed by atoms with Crippen LogP contribution in [0.25, 0.3) is 11.3 Å². The van der Waals surface area contributed by atoms with Crippen LogP contribution in [-0.2, 0) is 38.1 Å². The lowest BCUT2D eigenvalue weighted by Crippen LogP contribution is -2.59. The summed E-state index contributed by atoms with van der Waals surface area (Å²) in [6.45, 7) is 4.76. The van der Waals surface area contributed by atoms with Crippen molar-refractivity contribution >= 4 is 46.2 Å². The third kappa shape index (κ3) is 14.3. The standard InChI is InChI=1S/C52H65F2N7O10S/c1-34(71-52(66)55-2)47(62)58-44(37-17-10-5-11-18-37)50(65)61-23-12-19-41(61)48(63)59-45(42(35-13-6-3-7-14-35)36-15-8-4-9-16-36)49(64)56-22-26-67-29-30-69-31-32-70-46-38(20-21-39(53)43(46)54)40-33-72-51(57-40)60-24-27-68-28-25-60/h3-4,6-9,13-16,20-21,33-34,37,41-42,44-45H,5,10-12,17-19,22-32H2,1-2H3,(H,55,66)(H,56,64)(H,58,62)(H,59,63)/t34?,41-,44?,45?/m0/s1. The molecule has 3 heterocycles. The summed E-state index contributed by atoms with van der Waals surface area (Å²) in [5.41, 5.74) is 2.37. The van der Waals surface area contributed by atoms with Crippen molar-refractivity contribution in [1.29, 1.82) is 0 Å². The number of nitrogens with one attached hydrogen (secondary N) is 4. The van der Waals surface area contributed by atoms with E-state index in [9.17, 15) is 28.4 Å². The van der Waals surface area contributed by atoms with Crippen LogP contribution >= 0.6 is 11.3 Å². The van der Waals surface area contributed by atoms with Crippen LogP contribution in [0.5, 0.6) is 5.75 Å². The molecule has 20 heteroatoms. The van der Waals surface area contributed by atoms with Crippen molar-refractivity contribution in [3.63, 3.8) is 0 Å². The van der Waals surface area contributed by atoms with Gasteiger partial charge in [0, 0.05) is 50.1 Å². The molecule has 3 fully saturated rings. The predicted molar refractivity (Wildman–Crippen MR) is 266 cm³/mol. The molecule has 388 valence electrons. The Balaban J connectivity index is 0.948. The number of morpholine rings is 1. The molecule has 1 saturated carbocycles. The summed E-state index contributed by atoms with van der Waals surface area (Å²) in [5, 5.41) is 13.7. The van der Waals surface area contributed by atoms with Crippen molar-refractivity contribution in [2.45, 2.75) is 82.0 Å². The minimum Gasteiger partial charge on any atom is -0.487 e. The number of thiazole rings is 1. The zero-order chi connectivity index (χ0) is 50.8. The lowest BCUT2D eigenvalue weighted by atomic mass is 9.83. The van der Waals surface area contributed by atoms with Crippen molar-refractivity contribution in [3.8, 4) is 17.0 Å². The zero-order valence-electron chi connectivity index (χ0n) is 40.8. The number of nitrogens with zero attached hydrogens (tertiary/aromatic N) is 3. The maximum absolute atomic E-state index is 15.0. The number of amides is 5. The lowest BCUT2D eigenvalue weighted by Gasteiger charge is -2.35. The van der Waals surface area contributed by atoms with Gasteiger partial charge in [-0.1, -0.05) is 79.9 Å². The number of carbonyl (C=O) groups is 5. The van der Waals surface area contributed by atoms with Gasteiger partial charge in [0.2, 0.25) is 23.5 Å². The molecule has 5 amide bonds. The molecule has 3 aliphatic rings. The smallest absolute Gasteiger partial charge is 0.407 e. The number of halogens is 2. The first-order valence-corrected chi connectivity index (χ1v) is 25.6. The molecule has 3 aromatic carbocycles. The van der Waals surface area contributed by atoms with Crippen molar-refractivity contribution in [2.24, 2.45) is 5.92 Å². The first kappa shape index (κ1) is 53.6. The maximum Gasteiger partial charge on any atom is 0.407 e. The number of carbonyl (C=O) groups excluding carboxylic acids is 5. The Labute approximate surface area is 422 Å². The van der Waals surface area contributed by atoms with E-state index in [4.69, 9.17) is 23.7 Å². The Morgan fingerprint density at radius 3 is 2.14 bits per heavy atom. The number of hydrogen-bond donors (Lipinski definition) is 4. The second kappa shape index (κ2) is 27.0. The maximum atomic E-state index is 15.0. The van der Waals surface area contributed by atoms with E-state index in [0.29, 0.717) is 63.2 Å². The Morgan fingerprint density at radius 2 is 1.46 bits per heavy atom. The van der Waals surface area contributed by atoms with E-state index in [1.165, 1.54) is 36.3 Å². The number of ether oxygens (including phenoxy) is 5. The number of likely N-dealkylation sites (tertiary alicyclic amines) is 1. The molecule has 4 N–H and O–H groups in total. The van der Waals surface area contributed by atoms with Gasteiger partial charge in [0.25, 0.3) is 5.91 Å². The Morgan fingerprint density at radius 1 is 0.792 bits per heavy atom. The molecule has 0 radical (unpaired) electrons. The highest BCUT2D eigenvalue weighted by Crippen LogP contribution is 2.37. The highest BCUT2D eigenvalue weighted by atomic mass is 32.1. The molecule has 0 bridgehead atoms. The number of benzene rings is 3. The summed E-state index contributed by atoms with van der Waals surface area (Å²) in [6, 6.07) is 18.3. The van der Waals surface area contributed by atoms with Crippen LogP contribution < -0.4 is 30.9 Å². The Hall–Kier alpha value is -6.22. The predicted octanol–water partition coefficient (Wildman–Crippen LogP) is 5.57. The highest BCUT2D eigenvalue weighted by molar-refractivity contribution is 7.14. The third-order valence-corrected chi connectivity index (χ3v) is 14.0. The molecule has 1 aromatic heterocycles. The molecule has 1 aliphatic carbocycles. The Kier molecular flexibility index (Phi) is 20.1. The minimum absolute atomic E-state index is 0.0561. The quantitative estimate of drug-likeness (QED) is 0.0676. The molecule has 3 unspecified atom stereocenters. The topological polar surface area (TPSA) is 199 Å². The van der Waals surface area contributed by atoms with E-state index in [1.54, 1.807) is 5.38 Å². The second-order valence-electron chi connectivity index (χ2n) is 17.9. The molecule has 0 spiro atoms. The average molecular weight is 1020 g/mol. The van der Waals surface area contributed by atoms with E-state index in [1.807, 2.05) is 60.7 Å². The van der Waals surface area contributed by atoms with Crippen molar-refractivity contribution in [1.82, 2.24) is 31.2 Å². The van der Waals surface area contributed by atoms with Crippen LogP contribution in [0, 0.1) is 17.6 Å². The van der Waals surface area contributed by atoms with Crippen molar-refractivity contribution < 1.29 is 56.4 Å². The van der Waals surface area contributed by atoms with Gasteiger partial charge in [-0.2, -0.15) is 4.39 Å². The van der Waals surface area contributed by atoms with Crippen LogP contribution in [0.15, 0.2) is 78.2 Å². The van der Waals surface area contributed by atoms with Crippen LogP contribution in [0.1, 0.15) is 68.9 Å². The van der Waals surface area contributed by atoms with Gasteiger partial charge in [0.05, 0.1) is 45.3 Å². The van der Waals surface area contributed by atoms with E-state index in [0.717, 1.165) is 41.6 Å². The van der Waals surface area contributed by atoms with Crippen LogP contribution in [-0.4, -0.2) is 143 Å². The molecular weight excluding hydrogens is 953 g/mol. The molecule has 7 rings (SSSR count). The van der Waals surface area contributed by atoms with E-state index in [2.05, 4.69) is 31.2 Å². The van der Waals surface area contributed by atoms with Gasteiger partial charge in [-0.25, -0.2) is 14.2 Å². The van der Waals surface area contributed by atoms with E-state index < -0.39 is 71.5 Å². The zero-order valence-corrected chi connectivity index (χ0v) is 41.6. The number of aromatic nitrogens is 1. The van der Waals surface area contributed by atoms with E-state index in [-0.39, 0.29) is 57.8 Å². The number of alkyl carbamates (subject to hydrolysis) is 1. The lowest BCUT2D eigenvalue weighted by molar-refractivity contribution is -0.144. The van der Waals surface area contributed by atoms with Gasteiger partial charge in [-0.15, -0.1) is 11.3 Å². The van der Waals surface area contributed by atoms with E-state index >= 15 is 4.39 Å². The van der Waals surface area contributed by atoms with Gasteiger partial charge in [0.15, 0.2) is 22.8 Å². The molecule has 72 heavy (non-hydrogen) atoms. The fourth-order valence-electron chi connectivity index (χ4n) is 9.37. The van der Waals surface area contributed by atoms with Crippen molar-refractivity contribution in [2.75, 3.05) is 84.4 Å². The largest absolute Gasteiger partial charge is 0.487 e. The Bertz CT molecular complexity index is 2370. The van der Waals surface area contributed by atoms with Crippen LogP contribution in [0.2, 0.25) is 0 Å². The van der Waals surface area contributed by atoms with Gasteiger partial charge in [-0.05, 0) is 61.8 Å². The molecule has 2 aliphatic heterocycles. The summed E-state index contributed by atoms with van der Waals surface area (Å²) in [4.78, 5) is 77.0. The number of rotatable bonds is 23. The first-order chi connectivity index (χ1) is 35.0. The van der Waals surface area contributed by atoms with Gasteiger partial charge in [0.1, 0.15) is 24.7 Å². The van der Waals surface area contributed by atoms with Crippen molar-refractivity contribution in [3.05, 3.63) is 101 Å². The van der Waals surface area contributed by atoms with Crippen LogP contribution in [0.3, 0.4) is 0 Å². The summed E-state index contributed by atoms with van der Waals surface area (Å²) >= 11 is 1.41.